The molecule has 1 saturated carbocycles. The van der Waals surface area contributed by atoms with E-state index in [1.165, 1.54) is 0 Å². The minimum atomic E-state index is -0.889. The number of ether oxygens (including phenoxy) is 1. The van der Waals surface area contributed by atoms with E-state index in [1.807, 2.05) is 25.8 Å². The van der Waals surface area contributed by atoms with Gasteiger partial charge in [-0.3, -0.25) is 4.90 Å². The van der Waals surface area contributed by atoms with Gasteiger partial charge in [0, 0.05) is 55.8 Å². The predicted octanol–water partition coefficient (Wildman–Crippen LogP) is 1.54. The zero-order chi connectivity index (χ0) is 41.5. The van der Waals surface area contributed by atoms with Crippen LogP contribution in [0, 0.1) is 17.8 Å². The number of hydrogen-bond donors (Lipinski definition) is 7. The van der Waals surface area contributed by atoms with E-state index in [0.717, 1.165) is 102 Å². The molecule has 0 bridgehead atoms. The Balaban J connectivity index is 2.76. The maximum Gasteiger partial charge on any atom is 0.138 e. The van der Waals surface area contributed by atoms with Crippen LogP contribution in [-0.4, -0.2) is 148 Å². The standard InChI is InChI=1S/C42H79N7O7/c1-7-8-9-14-17-41-31(5)40(27-55)49(6)39(20-29(2)3)37(25-53)48-42(32-15-12-10-11-13-16-32)38(26-54)46-33(21-43)35(23-51)47-34(22-44-18-19-50)36(24-52)45-30(4)28-56-41/h23-27,29-42,44-48,50H,7-22,28,43H2,1-6H3/t30-,31-,33+,34+,35?,36?,37?,38?,39+,40?,41-,42+/m1/s1. The fraction of sp³-hybridized carbons (Fsp3) is 0.881. The van der Waals surface area contributed by atoms with E-state index >= 15 is 0 Å². The first-order chi connectivity index (χ1) is 27.0. The highest BCUT2D eigenvalue weighted by Gasteiger charge is 2.40. The lowest BCUT2D eigenvalue weighted by molar-refractivity contribution is -0.121. The Kier molecular flexibility index (Phi) is 25.4. The molecule has 0 radical (unpaired) electrons. The van der Waals surface area contributed by atoms with Gasteiger partial charge in [-0.05, 0) is 51.5 Å². The lowest BCUT2D eigenvalue weighted by Crippen LogP contribution is -2.67. The minimum absolute atomic E-state index is 0.00666. The molecule has 2 rings (SSSR count). The second-order valence-electron chi connectivity index (χ2n) is 16.9. The highest BCUT2D eigenvalue weighted by molar-refractivity contribution is 5.64. The van der Waals surface area contributed by atoms with Gasteiger partial charge in [0.05, 0.1) is 49.5 Å². The highest BCUT2D eigenvalue weighted by atomic mass is 16.5. The Hall–Kier alpha value is -2.01. The number of aliphatic hydroxyl groups is 1. The molecular weight excluding hydrogens is 715 g/mol. The maximum absolute atomic E-state index is 13.3. The second-order valence-corrected chi connectivity index (χ2v) is 16.9. The second kappa shape index (κ2) is 28.4. The summed E-state index contributed by atoms with van der Waals surface area (Å²) in [6.07, 6.45) is 15.5. The number of rotatable bonds is 18. The Morgan fingerprint density at radius 1 is 0.821 bits per heavy atom. The lowest BCUT2D eigenvalue weighted by Gasteiger charge is -2.43. The van der Waals surface area contributed by atoms with Crippen LogP contribution in [0.2, 0.25) is 0 Å². The summed E-state index contributed by atoms with van der Waals surface area (Å²) >= 11 is 0. The molecule has 14 nitrogen and oxygen atoms in total. The molecule has 56 heavy (non-hydrogen) atoms. The molecule has 0 amide bonds. The highest BCUT2D eigenvalue weighted by Crippen LogP contribution is 2.30. The average molecular weight is 794 g/mol. The quantitative estimate of drug-likeness (QED) is 0.0598. The molecule has 8 N–H and O–H groups in total. The van der Waals surface area contributed by atoms with Gasteiger partial charge < -0.3 is 66.1 Å². The molecular formula is C42H79N7O7. The van der Waals surface area contributed by atoms with Crippen LogP contribution in [0.5, 0.6) is 0 Å². The average Bonchev–Trinajstić information content (AvgIpc) is 3.48. The van der Waals surface area contributed by atoms with Gasteiger partial charge in [0.1, 0.15) is 31.4 Å². The third kappa shape index (κ3) is 16.3. The van der Waals surface area contributed by atoms with Crippen molar-refractivity contribution in [2.45, 2.75) is 178 Å². The summed E-state index contributed by atoms with van der Waals surface area (Å²) in [6.45, 7) is 11.1. The van der Waals surface area contributed by atoms with Crippen molar-refractivity contribution in [2.24, 2.45) is 23.5 Å². The maximum atomic E-state index is 13.3. The van der Waals surface area contributed by atoms with Gasteiger partial charge in [-0.1, -0.05) is 79.1 Å². The molecule has 324 valence electrons. The minimum Gasteiger partial charge on any atom is -0.395 e. The van der Waals surface area contributed by atoms with Gasteiger partial charge in [0.25, 0.3) is 0 Å². The van der Waals surface area contributed by atoms with Crippen molar-refractivity contribution in [2.75, 3.05) is 39.9 Å². The summed E-state index contributed by atoms with van der Waals surface area (Å²) in [4.78, 5) is 67.3. The first-order valence-corrected chi connectivity index (χ1v) is 21.7. The van der Waals surface area contributed by atoms with Gasteiger partial charge in [-0.25, -0.2) is 0 Å². The van der Waals surface area contributed by atoms with Gasteiger partial charge in [-0.2, -0.15) is 0 Å². The van der Waals surface area contributed by atoms with E-state index in [1.54, 1.807) is 0 Å². The number of likely N-dealkylation sites (N-methyl/N-ethyl adjacent to an activating group) is 1. The van der Waals surface area contributed by atoms with E-state index in [4.69, 9.17) is 10.5 Å². The number of carbonyl (C=O) groups excluding carboxylic acids is 5. The van der Waals surface area contributed by atoms with Crippen molar-refractivity contribution < 1.29 is 33.8 Å². The Labute approximate surface area is 337 Å². The first-order valence-electron chi connectivity index (χ1n) is 21.7. The van der Waals surface area contributed by atoms with E-state index in [9.17, 15) is 29.1 Å². The van der Waals surface area contributed by atoms with E-state index in [2.05, 4.69) is 47.4 Å². The van der Waals surface area contributed by atoms with Crippen molar-refractivity contribution in [3.05, 3.63) is 0 Å². The number of aldehydes is 5. The van der Waals surface area contributed by atoms with Crippen LogP contribution in [0.15, 0.2) is 0 Å². The van der Waals surface area contributed by atoms with E-state index in [0.29, 0.717) is 6.42 Å². The van der Waals surface area contributed by atoms with Crippen LogP contribution in [-0.2, 0) is 28.7 Å². The number of hydrogen-bond acceptors (Lipinski definition) is 14. The summed E-state index contributed by atoms with van der Waals surface area (Å²) < 4.78 is 6.66. The van der Waals surface area contributed by atoms with Crippen LogP contribution in [0.1, 0.15) is 112 Å². The molecule has 12 atom stereocenters. The summed E-state index contributed by atoms with van der Waals surface area (Å²) in [5.41, 5.74) is 6.34. The molecule has 5 unspecified atom stereocenters. The fourth-order valence-corrected chi connectivity index (χ4v) is 8.83. The molecule has 2 fully saturated rings. The number of nitrogens with zero attached hydrogens (tertiary/aromatic N) is 1. The molecule has 14 heteroatoms. The predicted molar refractivity (Wildman–Crippen MR) is 221 cm³/mol. The third-order valence-corrected chi connectivity index (χ3v) is 12.1. The Bertz CT molecular complexity index is 1100. The lowest BCUT2D eigenvalue weighted by atomic mass is 9.84. The SMILES string of the molecule is CCCCCC[C@H]1OC[C@@H](C)NC(C=O)[C@H](CNCCO)NC(C=O)[C@H](CN)NC(C=O)[C@H](C2CCCCCC2)NC(C=O)[C@H](CC(C)C)N(C)C(C=O)[C@H]1C. The van der Waals surface area contributed by atoms with Crippen LogP contribution < -0.4 is 32.3 Å². The summed E-state index contributed by atoms with van der Waals surface area (Å²) in [6, 6.07) is -6.17. The smallest absolute Gasteiger partial charge is 0.138 e. The van der Waals surface area contributed by atoms with Gasteiger partial charge in [-0.15, -0.1) is 0 Å². The molecule has 0 aromatic heterocycles. The largest absolute Gasteiger partial charge is 0.395 e. The molecule has 0 aromatic carbocycles. The monoisotopic (exact) mass is 794 g/mol. The van der Waals surface area contributed by atoms with Crippen molar-refractivity contribution >= 4 is 31.4 Å². The van der Waals surface area contributed by atoms with Crippen molar-refractivity contribution in [1.29, 1.82) is 0 Å². The van der Waals surface area contributed by atoms with Crippen molar-refractivity contribution in [1.82, 2.24) is 31.5 Å². The van der Waals surface area contributed by atoms with Crippen molar-refractivity contribution in [3.8, 4) is 0 Å². The number of carbonyl (C=O) groups is 5. The van der Waals surface area contributed by atoms with Crippen LogP contribution in [0.25, 0.3) is 0 Å². The topological polar surface area (TPSA) is 204 Å². The van der Waals surface area contributed by atoms with Crippen LogP contribution in [0.4, 0.5) is 0 Å². The molecule has 1 aliphatic heterocycles. The van der Waals surface area contributed by atoms with Gasteiger partial charge >= 0.3 is 0 Å². The molecule has 1 saturated heterocycles. The normalized spacial score (nSPS) is 34.4. The molecule has 0 spiro atoms. The van der Waals surface area contributed by atoms with Gasteiger partial charge in [0.2, 0.25) is 0 Å². The zero-order valence-electron chi connectivity index (χ0n) is 35.4. The van der Waals surface area contributed by atoms with E-state index < -0.39 is 48.3 Å². The molecule has 1 heterocycles. The summed E-state index contributed by atoms with van der Waals surface area (Å²) in [5, 5.41) is 26.5. The van der Waals surface area contributed by atoms with Crippen LogP contribution in [0.3, 0.4) is 0 Å². The van der Waals surface area contributed by atoms with E-state index in [-0.39, 0.29) is 68.8 Å². The van der Waals surface area contributed by atoms with Crippen LogP contribution >= 0.6 is 0 Å². The molecule has 1 aliphatic carbocycles. The third-order valence-electron chi connectivity index (χ3n) is 12.1. The molecule has 0 aromatic rings. The summed E-state index contributed by atoms with van der Waals surface area (Å²) in [5.74, 6) is 0.0343. The fourth-order valence-electron chi connectivity index (χ4n) is 8.83. The number of nitrogens with two attached hydrogens (primary N) is 1. The number of aliphatic hydroxyl groups excluding tert-OH is 1. The Morgan fingerprint density at radius 2 is 1.45 bits per heavy atom. The zero-order valence-corrected chi connectivity index (χ0v) is 35.4. The first kappa shape index (κ1) is 50.1. The Morgan fingerprint density at radius 3 is 2.00 bits per heavy atom. The number of unbranched alkanes of at least 4 members (excludes halogenated alkanes) is 3. The van der Waals surface area contributed by atoms with Crippen molar-refractivity contribution in [3.63, 3.8) is 0 Å². The van der Waals surface area contributed by atoms with Gasteiger partial charge in [0.15, 0.2) is 0 Å². The number of nitrogens with one attached hydrogen (secondary N) is 5. The summed E-state index contributed by atoms with van der Waals surface area (Å²) in [7, 11) is 1.92. The molecule has 2 aliphatic rings.